The lowest BCUT2D eigenvalue weighted by atomic mass is 10.2. The molecule has 3 nitrogen and oxygen atoms in total. The fourth-order valence-corrected chi connectivity index (χ4v) is 1.83. The average molecular weight is 206 g/mol. The van der Waals surface area contributed by atoms with Gasteiger partial charge in [0.15, 0.2) is 5.13 Å². The van der Waals surface area contributed by atoms with Gasteiger partial charge in [0.05, 0.1) is 5.69 Å². The van der Waals surface area contributed by atoms with Crippen LogP contribution in [0.1, 0.15) is 0 Å². The molecule has 4 heteroatoms. The number of hydrogen-bond acceptors (Lipinski definition) is 4. The van der Waals surface area contributed by atoms with Gasteiger partial charge in [0.1, 0.15) is 5.75 Å². The van der Waals surface area contributed by atoms with E-state index >= 15 is 0 Å². The smallest absolute Gasteiger partial charge is 0.182 e. The molecule has 1 aromatic heterocycles. The summed E-state index contributed by atoms with van der Waals surface area (Å²) in [6.45, 7) is 0. The molecule has 72 valence electrons. The van der Waals surface area contributed by atoms with E-state index in [1.165, 1.54) is 0 Å². The molecule has 2 N–H and O–H groups in total. The van der Waals surface area contributed by atoms with Gasteiger partial charge in [0.25, 0.3) is 0 Å². The van der Waals surface area contributed by atoms with Gasteiger partial charge in [-0.1, -0.05) is 0 Å². The predicted octanol–water partition coefficient (Wildman–Crippen LogP) is 2.56. The molecule has 1 aromatic carbocycles. The van der Waals surface area contributed by atoms with E-state index in [1.807, 2.05) is 24.6 Å². The number of nitrogens with one attached hydrogen (secondary N) is 1. The lowest BCUT2D eigenvalue weighted by molar-refractivity contribution is 0.475. The summed E-state index contributed by atoms with van der Waals surface area (Å²) in [6, 6.07) is 7.02. The molecular formula is C10H10N2OS. The van der Waals surface area contributed by atoms with E-state index in [2.05, 4.69) is 10.3 Å². The Labute approximate surface area is 86.1 Å². The normalized spacial score (nSPS) is 10.1. The number of anilines is 1. The van der Waals surface area contributed by atoms with Crippen molar-refractivity contribution in [1.82, 2.24) is 4.98 Å². The topological polar surface area (TPSA) is 45.2 Å². The molecule has 0 radical (unpaired) electrons. The van der Waals surface area contributed by atoms with Crippen molar-refractivity contribution in [2.45, 2.75) is 0 Å². The second kappa shape index (κ2) is 3.67. The van der Waals surface area contributed by atoms with Crippen molar-refractivity contribution in [3.05, 3.63) is 29.6 Å². The summed E-state index contributed by atoms with van der Waals surface area (Å²) < 4.78 is 0. The first-order valence-corrected chi connectivity index (χ1v) is 5.10. The number of nitrogens with zero attached hydrogens (tertiary/aromatic N) is 1. The van der Waals surface area contributed by atoms with Crippen LogP contribution in [-0.4, -0.2) is 17.1 Å². The summed E-state index contributed by atoms with van der Waals surface area (Å²) in [4.78, 5) is 4.35. The van der Waals surface area contributed by atoms with Gasteiger partial charge in [-0.2, -0.15) is 0 Å². The number of phenols is 1. The second-order valence-electron chi connectivity index (χ2n) is 2.83. The molecule has 0 fully saturated rings. The van der Waals surface area contributed by atoms with Crippen molar-refractivity contribution in [2.24, 2.45) is 0 Å². The highest BCUT2D eigenvalue weighted by Crippen LogP contribution is 2.25. The Balaban J connectivity index is 2.34. The van der Waals surface area contributed by atoms with Gasteiger partial charge in [-0.3, -0.25) is 0 Å². The van der Waals surface area contributed by atoms with E-state index in [-0.39, 0.29) is 5.75 Å². The highest BCUT2D eigenvalue weighted by molar-refractivity contribution is 7.14. The summed E-state index contributed by atoms with van der Waals surface area (Å²) in [7, 11) is 1.85. The van der Waals surface area contributed by atoms with Crippen LogP contribution in [0.5, 0.6) is 5.75 Å². The first-order valence-electron chi connectivity index (χ1n) is 4.22. The molecule has 0 saturated carbocycles. The fraction of sp³-hybridized carbons (Fsp3) is 0.100. The molecule has 0 spiro atoms. The molecule has 0 bridgehead atoms. The van der Waals surface area contributed by atoms with Crippen LogP contribution in [0.2, 0.25) is 0 Å². The molecule has 0 saturated heterocycles. The third-order valence-electron chi connectivity index (χ3n) is 1.88. The van der Waals surface area contributed by atoms with Gasteiger partial charge in [0, 0.05) is 18.0 Å². The number of thiazole rings is 1. The molecule has 1 heterocycles. The van der Waals surface area contributed by atoms with Gasteiger partial charge in [-0.05, 0) is 24.3 Å². The maximum Gasteiger partial charge on any atom is 0.182 e. The third-order valence-corrected chi connectivity index (χ3v) is 2.74. The Kier molecular flexibility index (Phi) is 2.37. The van der Waals surface area contributed by atoms with Crippen molar-refractivity contribution in [3.63, 3.8) is 0 Å². The Hall–Kier alpha value is -1.55. The zero-order chi connectivity index (χ0) is 9.97. The van der Waals surface area contributed by atoms with Crippen LogP contribution in [0.4, 0.5) is 5.13 Å². The van der Waals surface area contributed by atoms with Crippen LogP contribution in [-0.2, 0) is 0 Å². The average Bonchev–Trinajstić information content (AvgIpc) is 2.67. The van der Waals surface area contributed by atoms with Crippen LogP contribution >= 0.6 is 11.3 Å². The monoisotopic (exact) mass is 206 g/mol. The van der Waals surface area contributed by atoms with E-state index in [0.717, 1.165) is 16.4 Å². The largest absolute Gasteiger partial charge is 0.508 e. The van der Waals surface area contributed by atoms with E-state index in [4.69, 9.17) is 5.11 Å². The number of rotatable bonds is 2. The molecule has 0 aliphatic heterocycles. The number of benzene rings is 1. The minimum Gasteiger partial charge on any atom is -0.508 e. The van der Waals surface area contributed by atoms with Crippen LogP contribution < -0.4 is 5.32 Å². The molecule has 0 aliphatic carbocycles. The summed E-state index contributed by atoms with van der Waals surface area (Å²) in [5.74, 6) is 0.276. The van der Waals surface area contributed by atoms with Gasteiger partial charge in [-0.25, -0.2) is 4.98 Å². The highest BCUT2D eigenvalue weighted by Gasteiger charge is 2.02. The lowest BCUT2D eigenvalue weighted by Crippen LogP contribution is -1.85. The second-order valence-corrected chi connectivity index (χ2v) is 3.69. The minimum absolute atomic E-state index is 0.276. The highest BCUT2D eigenvalue weighted by atomic mass is 32.1. The van der Waals surface area contributed by atoms with Crippen molar-refractivity contribution >= 4 is 16.5 Å². The number of aromatic hydroxyl groups is 1. The number of hydrogen-bond donors (Lipinski definition) is 2. The lowest BCUT2D eigenvalue weighted by Gasteiger charge is -1.96. The molecule has 0 amide bonds. The Bertz CT molecular complexity index is 422. The minimum atomic E-state index is 0.276. The van der Waals surface area contributed by atoms with Gasteiger partial charge < -0.3 is 10.4 Å². The molecule has 14 heavy (non-hydrogen) atoms. The van der Waals surface area contributed by atoms with Gasteiger partial charge >= 0.3 is 0 Å². The molecule has 0 unspecified atom stereocenters. The quantitative estimate of drug-likeness (QED) is 0.793. The third kappa shape index (κ3) is 1.70. The summed E-state index contributed by atoms with van der Waals surface area (Å²) in [6.07, 6.45) is 0. The maximum absolute atomic E-state index is 9.12. The SMILES string of the molecule is CNc1nc(-c2ccc(O)cc2)cs1. The molecule has 0 atom stereocenters. The van der Waals surface area contributed by atoms with E-state index in [0.29, 0.717) is 0 Å². The van der Waals surface area contributed by atoms with Crippen molar-refractivity contribution < 1.29 is 5.11 Å². The van der Waals surface area contributed by atoms with E-state index in [9.17, 15) is 0 Å². The zero-order valence-electron chi connectivity index (χ0n) is 7.69. The molecular weight excluding hydrogens is 196 g/mol. The number of phenolic OH excluding ortho intramolecular Hbond substituents is 1. The molecule has 2 aromatic rings. The Morgan fingerprint density at radius 2 is 2.00 bits per heavy atom. The number of aromatic nitrogens is 1. The zero-order valence-corrected chi connectivity index (χ0v) is 8.51. The van der Waals surface area contributed by atoms with Crippen LogP contribution in [0, 0.1) is 0 Å². The predicted molar refractivity (Wildman–Crippen MR) is 58.8 cm³/mol. The Morgan fingerprint density at radius 1 is 1.29 bits per heavy atom. The fourth-order valence-electron chi connectivity index (χ4n) is 1.15. The first kappa shape index (κ1) is 9.02. The van der Waals surface area contributed by atoms with E-state index < -0.39 is 0 Å². The van der Waals surface area contributed by atoms with Crippen molar-refractivity contribution in [1.29, 1.82) is 0 Å². The maximum atomic E-state index is 9.12. The van der Waals surface area contributed by atoms with Crippen molar-refractivity contribution in [2.75, 3.05) is 12.4 Å². The van der Waals surface area contributed by atoms with E-state index in [1.54, 1.807) is 23.5 Å². The molecule has 2 rings (SSSR count). The van der Waals surface area contributed by atoms with Crippen molar-refractivity contribution in [3.8, 4) is 17.0 Å². The summed E-state index contributed by atoms with van der Waals surface area (Å²) in [5.41, 5.74) is 1.94. The van der Waals surface area contributed by atoms with Crippen LogP contribution in [0.15, 0.2) is 29.6 Å². The van der Waals surface area contributed by atoms with Gasteiger partial charge in [0.2, 0.25) is 0 Å². The van der Waals surface area contributed by atoms with Crippen LogP contribution in [0.3, 0.4) is 0 Å². The molecule has 0 aliphatic rings. The summed E-state index contributed by atoms with van der Waals surface area (Å²) in [5, 5.41) is 15.0. The first-order chi connectivity index (χ1) is 6.79. The standard InChI is InChI=1S/C10H10N2OS/c1-11-10-12-9(6-14-10)7-2-4-8(13)5-3-7/h2-6,13H,1H3,(H,11,12). The summed E-state index contributed by atoms with van der Waals surface area (Å²) >= 11 is 1.56. The van der Waals surface area contributed by atoms with Crippen LogP contribution in [0.25, 0.3) is 11.3 Å². The van der Waals surface area contributed by atoms with Gasteiger partial charge in [-0.15, -0.1) is 11.3 Å². The Morgan fingerprint density at radius 3 is 2.57 bits per heavy atom.